The van der Waals surface area contributed by atoms with Gasteiger partial charge in [-0.15, -0.1) is 12.4 Å². The van der Waals surface area contributed by atoms with Crippen molar-refractivity contribution in [2.24, 2.45) is 0 Å². The van der Waals surface area contributed by atoms with E-state index < -0.39 is 10.2 Å². The molecule has 7 heteroatoms. The zero-order valence-corrected chi connectivity index (χ0v) is 13.5. The van der Waals surface area contributed by atoms with Gasteiger partial charge in [-0.2, -0.15) is 17.0 Å². The predicted octanol–water partition coefficient (Wildman–Crippen LogP) is 1.21. The minimum Gasteiger partial charge on any atom is -0.314 e. The highest BCUT2D eigenvalue weighted by atomic mass is 35.5. The second kappa shape index (κ2) is 7.22. The number of nitrogens with one attached hydrogen (secondary N) is 1. The summed E-state index contributed by atoms with van der Waals surface area (Å²) < 4.78 is 28.5. The third-order valence-corrected chi connectivity index (χ3v) is 6.35. The van der Waals surface area contributed by atoms with Crippen LogP contribution in [0.25, 0.3) is 0 Å². The summed E-state index contributed by atoms with van der Waals surface area (Å²) in [6.07, 6.45) is 5.57. The summed E-state index contributed by atoms with van der Waals surface area (Å²) in [4.78, 5) is 0. The molecule has 5 nitrogen and oxygen atoms in total. The molecule has 2 fully saturated rings. The van der Waals surface area contributed by atoms with Gasteiger partial charge in [0.25, 0.3) is 10.2 Å². The highest BCUT2D eigenvalue weighted by Gasteiger charge is 2.36. The van der Waals surface area contributed by atoms with Crippen LogP contribution in [0.1, 0.15) is 39.0 Å². The molecule has 1 heterocycles. The van der Waals surface area contributed by atoms with Gasteiger partial charge in [0.2, 0.25) is 0 Å². The maximum absolute atomic E-state index is 12.6. The second-order valence-electron chi connectivity index (χ2n) is 5.48. The molecule has 1 unspecified atom stereocenters. The molecule has 0 spiro atoms. The third-order valence-electron chi connectivity index (χ3n) is 4.19. The van der Waals surface area contributed by atoms with E-state index in [1.807, 2.05) is 6.92 Å². The zero-order chi connectivity index (χ0) is 13.2. The number of hydrogen-bond acceptors (Lipinski definition) is 3. The van der Waals surface area contributed by atoms with Crippen LogP contribution in [0.5, 0.6) is 0 Å². The van der Waals surface area contributed by atoms with E-state index in [2.05, 4.69) is 5.32 Å². The van der Waals surface area contributed by atoms with E-state index >= 15 is 0 Å². The number of nitrogens with zero attached hydrogens (tertiary/aromatic N) is 2. The minimum absolute atomic E-state index is 0. The number of halogens is 1. The van der Waals surface area contributed by atoms with E-state index in [1.54, 1.807) is 15.7 Å². The number of rotatable bonds is 3. The Labute approximate surface area is 123 Å². The topological polar surface area (TPSA) is 52.7 Å². The van der Waals surface area contributed by atoms with Crippen LogP contribution in [0.4, 0.5) is 0 Å². The van der Waals surface area contributed by atoms with Crippen molar-refractivity contribution in [1.82, 2.24) is 13.9 Å². The minimum atomic E-state index is -3.28. The molecule has 2 aliphatic rings. The molecule has 114 valence electrons. The van der Waals surface area contributed by atoms with Gasteiger partial charge in [-0.05, 0) is 19.8 Å². The SMILES string of the molecule is CC1CNCCN1S(=O)(=O)N(C)C1CCCCC1.Cl. The summed E-state index contributed by atoms with van der Waals surface area (Å²) in [6, 6.07) is 0.251. The summed E-state index contributed by atoms with van der Waals surface area (Å²) in [7, 11) is -1.53. The van der Waals surface area contributed by atoms with Gasteiger partial charge in [0.05, 0.1) is 0 Å². The first-order chi connectivity index (χ1) is 8.53. The first-order valence-electron chi connectivity index (χ1n) is 6.99. The highest BCUT2D eigenvalue weighted by molar-refractivity contribution is 7.86. The lowest BCUT2D eigenvalue weighted by Gasteiger charge is -2.39. The van der Waals surface area contributed by atoms with Gasteiger partial charge in [0.15, 0.2) is 0 Å². The Bertz CT molecular complexity index is 371. The van der Waals surface area contributed by atoms with E-state index in [9.17, 15) is 8.42 Å². The zero-order valence-electron chi connectivity index (χ0n) is 11.8. The van der Waals surface area contributed by atoms with E-state index in [0.717, 1.165) is 38.8 Å². The molecular weight excluding hydrogens is 286 g/mol. The van der Waals surface area contributed by atoms with E-state index in [-0.39, 0.29) is 24.5 Å². The standard InChI is InChI=1S/C12H25N3O2S.ClH/c1-11-10-13-8-9-15(11)18(16,17)14(2)12-6-4-3-5-7-12;/h11-13H,3-10H2,1-2H3;1H. The third kappa shape index (κ3) is 3.82. The second-order valence-corrected chi connectivity index (χ2v) is 7.42. The Balaban J connectivity index is 0.00000180. The molecule has 0 aromatic carbocycles. The maximum atomic E-state index is 12.6. The van der Waals surface area contributed by atoms with Gasteiger partial charge < -0.3 is 5.32 Å². The Morgan fingerprint density at radius 3 is 2.42 bits per heavy atom. The van der Waals surface area contributed by atoms with E-state index in [4.69, 9.17) is 0 Å². The summed E-state index contributed by atoms with van der Waals surface area (Å²) in [6.45, 7) is 4.05. The van der Waals surface area contributed by atoms with Gasteiger partial charge in [-0.3, -0.25) is 0 Å². The smallest absolute Gasteiger partial charge is 0.282 e. The van der Waals surface area contributed by atoms with Gasteiger partial charge in [-0.25, -0.2) is 0 Å². The molecule has 0 bridgehead atoms. The molecule has 1 aliphatic heterocycles. The van der Waals surface area contributed by atoms with Crippen molar-refractivity contribution in [3.05, 3.63) is 0 Å². The van der Waals surface area contributed by atoms with Crippen LogP contribution in [-0.4, -0.2) is 55.8 Å². The fourth-order valence-electron chi connectivity index (χ4n) is 2.96. The lowest BCUT2D eigenvalue weighted by molar-refractivity contribution is 0.230. The van der Waals surface area contributed by atoms with Crippen LogP contribution in [-0.2, 0) is 10.2 Å². The maximum Gasteiger partial charge on any atom is 0.282 e. The summed E-state index contributed by atoms with van der Waals surface area (Å²) in [5.41, 5.74) is 0. The lowest BCUT2D eigenvalue weighted by atomic mass is 9.96. The summed E-state index contributed by atoms with van der Waals surface area (Å²) in [5, 5.41) is 3.23. The predicted molar refractivity (Wildman–Crippen MR) is 79.8 cm³/mol. The van der Waals surface area contributed by atoms with Crippen LogP contribution in [0.2, 0.25) is 0 Å². The van der Waals surface area contributed by atoms with Crippen LogP contribution >= 0.6 is 12.4 Å². The molecule has 2 rings (SSSR count). The molecule has 1 aliphatic carbocycles. The monoisotopic (exact) mass is 311 g/mol. The van der Waals surface area contributed by atoms with Crippen molar-refractivity contribution in [2.45, 2.75) is 51.1 Å². The van der Waals surface area contributed by atoms with Crippen LogP contribution in [0.3, 0.4) is 0 Å². The van der Waals surface area contributed by atoms with E-state index in [0.29, 0.717) is 6.54 Å². The van der Waals surface area contributed by atoms with Crippen molar-refractivity contribution in [1.29, 1.82) is 0 Å². The quantitative estimate of drug-likeness (QED) is 0.852. The molecular formula is C12H26ClN3O2S. The van der Waals surface area contributed by atoms with Gasteiger partial charge in [-0.1, -0.05) is 19.3 Å². The van der Waals surface area contributed by atoms with Crippen molar-refractivity contribution in [3.8, 4) is 0 Å². The first-order valence-corrected chi connectivity index (χ1v) is 8.38. The van der Waals surface area contributed by atoms with Crippen LogP contribution in [0, 0.1) is 0 Å². The Morgan fingerprint density at radius 2 is 1.84 bits per heavy atom. The lowest BCUT2D eigenvalue weighted by Crippen LogP contribution is -2.57. The Hall–Kier alpha value is 0.120. The van der Waals surface area contributed by atoms with Gasteiger partial charge in [0, 0.05) is 38.8 Å². The molecule has 1 N–H and O–H groups in total. The Morgan fingerprint density at radius 1 is 1.21 bits per heavy atom. The van der Waals surface area contributed by atoms with Crippen molar-refractivity contribution < 1.29 is 8.42 Å². The molecule has 0 amide bonds. The Kier molecular flexibility index (Phi) is 6.53. The van der Waals surface area contributed by atoms with Gasteiger partial charge >= 0.3 is 0 Å². The van der Waals surface area contributed by atoms with Gasteiger partial charge in [0.1, 0.15) is 0 Å². The van der Waals surface area contributed by atoms with Crippen LogP contribution in [0.15, 0.2) is 0 Å². The largest absolute Gasteiger partial charge is 0.314 e. The average molecular weight is 312 g/mol. The number of hydrogen-bond donors (Lipinski definition) is 1. The molecule has 0 aromatic heterocycles. The average Bonchev–Trinajstić information content (AvgIpc) is 2.39. The van der Waals surface area contributed by atoms with Crippen molar-refractivity contribution in [2.75, 3.05) is 26.7 Å². The first kappa shape index (κ1) is 17.2. The molecule has 1 atom stereocenters. The van der Waals surface area contributed by atoms with Crippen molar-refractivity contribution >= 4 is 22.6 Å². The number of piperazine rings is 1. The summed E-state index contributed by atoms with van der Waals surface area (Å²) >= 11 is 0. The van der Waals surface area contributed by atoms with E-state index in [1.165, 1.54) is 6.42 Å². The molecule has 0 aromatic rings. The molecule has 1 saturated carbocycles. The fourth-order valence-corrected chi connectivity index (χ4v) is 4.73. The highest BCUT2D eigenvalue weighted by Crippen LogP contribution is 2.25. The molecule has 1 saturated heterocycles. The summed E-state index contributed by atoms with van der Waals surface area (Å²) in [5.74, 6) is 0. The van der Waals surface area contributed by atoms with Crippen LogP contribution < -0.4 is 5.32 Å². The molecule has 0 radical (unpaired) electrons. The molecule has 19 heavy (non-hydrogen) atoms. The van der Waals surface area contributed by atoms with Crippen molar-refractivity contribution in [3.63, 3.8) is 0 Å². The fraction of sp³-hybridized carbons (Fsp3) is 1.00. The normalized spacial score (nSPS) is 27.2.